The van der Waals surface area contributed by atoms with E-state index in [0.29, 0.717) is 6.42 Å². The lowest BCUT2D eigenvalue weighted by Gasteiger charge is -2.43. The van der Waals surface area contributed by atoms with Crippen molar-refractivity contribution in [3.05, 3.63) is 60.2 Å². The highest BCUT2D eigenvalue weighted by atomic mass is 16.2. The van der Waals surface area contributed by atoms with Crippen molar-refractivity contribution >= 4 is 23.2 Å². The van der Waals surface area contributed by atoms with Crippen LogP contribution in [0.25, 0.3) is 0 Å². The van der Waals surface area contributed by atoms with E-state index >= 15 is 0 Å². The van der Waals surface area contributed by atoms with Gasteiger partial charge in [0, 0.05) is 30.3 Å². The van der Waals surface area contributed by atoms with Gasteiger partial charge in [0.25, 0.3) is 0 Å². The van der Waals surface area contributed by atoms with Gasteiger partial charge in [0.1, 0.15) is 0 Å². The molecule has 0 radical (unpaired) electrons. The third kappa shape index (κ3) is 3.24. The first kappa shape index (κ1) is 18.2. The average molecular weight is 350 g/mol. The van der Waals surface area contributed by atoms with Crippen molar-refractivity contribution in [2.24, 2.45) is 5.92 Å². The first-order chi connectivity index (χ1) is 12.4. The molecule has 0 unspecified atom stereocenters. The summed E-state index contributed by atoms with van der Waals surface area (Å²) in [5, 5.41) is 0. The molecule has 2 amide bonds. The van der Waals surface area contributed by atoms with Gasteiger partial charge < -0.3 is 9.80 Å². The molecule has 2 atom stereocenters. The predicted molar refractivity (Wildman–Crippen MR) is 105 cm³/mol. The lowest BCUT2D eigenvalue weighted by molar-refractivity contribution is -0.122. The van der Waals surface area contributed by atoms with Crippen molar-refractivity contribution in [1.29, 1.82) is 0 Å². The van der Waals surface area contributed by atoms with Crippen molar-refractivity contribution in [3.8, 4) is 0 Å². The highest BCUT2D eigenvalue weighted by Gasteiger charge is 2.38. The number of anilines is 2. The Labute approximate surface area is 155 Å². The Balaban J connectivity index is 2.10. The SMILES string of the molecule is CC(=O)N(c1ccccc1)[C@@H]1C[C@@H](C)N(C(=O)C(C)C)c2ccccc21. The van der Waals surface area contributed by atoms with E-state index < -0.39 is 0 Å². The molecule has 1 heterocycles. The standard InChI is InChI=1S/C22H26N2O2/c1-15(2)22(26)23-16(3)14-21(19-12-8-9-13-20(19)23)24(17(4)25)18-10-6-5-7-11-18/h5-13,15-16,21H,14H2,1-4H3/t16-,21-/m1/s1. The number of rotatable bonds is 3. The zero-order valence-electron chi connectivity index (χ0n) is 15.8. The van der Waals surface area contributed by atoms with Gasteiger partial charge in [-0.2, -0.15) is 0 Å². The van der Waals surface area contributed by atoms with Gasteiger partial charge in [-0.1, -0.05) is 50.2 Å². The fourth-order valence-electron chi connectivity index (χ4n) is 3.81. The quantitative estimate of drug-likeness (QED) is 0.814. The van der Waals surface area contributed by atoms with Crippen LogP contribution in [0.3, 0.4) is 0 Å². The maximum Gasteiger partial charge on any atom is 0.229 e. The molecule has 136 valence electrons. The Morgan fingerprint density at radius 1 is 1.04 bits per heavy atom. The summed E-state index contributed by atoms with van der Waals surface area (Å²) in [5.74, 6) is 0.0596. The van der Waals surface area contributed by atoms with Crippen LogP contribution in [0.2, 0.25) is 0 Å². The van der Waals surface area contributed by atoms with E-state index in [1.807, 2.05) is 78.2 Å². The van der Waals surface area contributed by atoms with E-state index in [1.54, 1.807) is 6.92 Å². The number of hydrogen-bond acceptors (Lipinski definition) is 2. The summed E-state index contributed by atoms with van der Waals surface area (Å²) in [4.78, 5) is 29.1. The highest BCUT2D eigenvalue weighted by molar-refractivity contribution is 5.98. The molecule has 4 nitrogen and oxygen atoms in total. The molecule has 0 bridgehead atoms. The fraction of sp³-hybridized carbons (Fsp3) is 0.364. The van der Waals surface area contributed by atoms with Gasteiger partial charge in [0.05, 0.1) is 6.04 Å². The first-order valence-electron chi connectivity index (χ1n) is 9.18. The maximum absolute atomic E-state index is 12.8. The van der Waals surface area contributed by atoms with E-state index in [0.717, 1.165) is 16.9 Å². The van der Waals surface area contributed by atoms with Crippen LogP contribution < -0.4 is 9.80 Å². The van der Waals surface area contributed by atoms with Gasteiger partial charge in [-0.25, -0.2) is 0 Å². The lowest BCUT2D eigenvalue weighted by atomic mass is 9.89. The van der Waals surface area contributed by atoms with E-state index in [2.05, 4.69) is 6.92 Å². The summed E-state index contributed by atoms with van der Waals surface area (Å²) in [7, 11) is 0. The summed E-state index contributed by atoms with van der Waals surface area (Å²) in [6, 6.07) is 17.6. The normalized spacial score (nSPS) is 19.2. The van der Waals surface area contributed by atoms with Crippen LogP contribution in [0.15, 0.2) is 54.6 Å². The minimum absolute atomic E-state index is 0.00633. The highest BCUT2D eigenvalue weighted by Crippen LogP contribution is 2.42. The van der Waals surface area contributed by atoms with Crippen molar-refractivity contribution < 1.29 is 9.59 Å². The topological polar surface area (TPSA) is 40.6 Å². The van der Waals surface area contributed by atoms with Crippen LogP contribution in [0.4, 0.5) is 11.4 Å². The minimum atomic E-state index is -0.0858. The zero-order chi connectivity index (χ0) is 18.8. The van der Waals surface area contributed by atoms with E-state index in [1.165, 1.54) is 0 Å². The second-order valence-corrected chi connectivity index (χ2v) is 7.25. The molecular weight excluding hydrogens is 324 g/mol. The number of benzene rings is 2. The van der Waals surface area contributed by atoms with Crippen molar-refractivity contribution in [2.75, 3.05) is 9.80 Å². The van der Waals surface area contributed by atoms with E-state index in [9.17, 15) is 9.59 Å². The molecule has 0 saturated heterocycles. The number of carbonyl (C=O) groups excluding carboxylic acids is 2. The number of fused-ring (bicyclic) bond motifs is 1. The van der Waals surface area contributed by atoms with Crippen LogP contribution >= 0.6 is 0 Å². The molecule has 0 N–H and O–H groups in total. The second-order valence-electron chi connectivity index (χ2n) is 7.25. The molecule has 4 heteroatoms. The zero-order valence-corrected chi connectivity index (χ0v) is 15.8. The molecule has 0 fully saturated rings. The van der Waals surface area contributed by atoms with Crippen molar-refractivity contribution in [3.63, 3.8) is 0 Å². The van der Waals surface area contributed by atoms with Crippen molar-refractivity contribution in [1.82, 2.24) is 0 Å². The van der Waals surface area contributed by atoms with Crippen molar-refractivity contribution in [2.45, 2.75) is 46.2 Å². The number of hydrogen-bond donors (Lipinski definition) is 0. The van der Waals surface area contributed by atoms with Gasteiger partial charge in [-0.05, 0) is 37.1 Å². The number of carbonyl (C=O) groups is 2. The van der Waals surface area contributed by atoms with E-state index in [4.69, 9.17) is 0 Å². The summed E-state index contributed by atoms with van der Waals surface area (Å²) < 4.78 is 0. The molecule has 3 rings (SSSR count). The number of amides is 2. The van der Waals surface area contributed by atoms with Gasteiger partial charge in [-0.3, -0.25) is 9.59 Å². The summed E-state index contributed by atoms with van der Waals surface area (Å²) >= 11 is 0. The average Bonchev–Trinajstić information content (AvgIpc) is 2.62. The summed E-state index contributed by atoms with van der Waals surface area (Å²) in [5.41, 5.74) is 2.83. The minimum Gasteiger partial charge on any atom is -0.309 e. The Hall–Kier alpha value is -2.62. The molecule has 1 aliphatic rings. The molecule has 0 spiro atoms. The van der Waals surface area contributed by atoms with Crippen LogP contribution in [-0.4, -0.2) is 17.9 Å². The molecule has 1 aliphatic heterocycles. The monoisotopic (exact) mass is 350 g/mol. The Kier molecular flexibility index (Phi) is 5.12. The van der Waals surface area contributed by atoms with Crippen LogP contribution in [0.1, 0.15) is 45.7 Å². The molecular formula is C22H26N2O2. The van der Waals surface area contributed by atoms with Crippen LogP contribution in [0.5, 0.6) is 0 Å². The largest absolute Gasteiger partial charge is 0.309 e. The van der Waals surface area contributed by atoms with Crippen LogP contribution in [-0.2, 0) is 9.59 Å². The summed E-state index contributed by atoms with van der Waals surface area (Å²) in [6.07, 6.45) is 0.712. The molecule has 2 aromatic carbocycles. The second kappa shape index (κ2) is 7.32. The molecule has 26 heavy (non-hydrogen) atoms. The smallest absolute Gasteiger partial charge is 0.229 e. The predicted octanol–water partition coefficient (Wildman–Crippen LogP) is 4.56. The Bertz CT molecular complexity index is 801. The third-order valence-corrected chi connectivity index (χ3v) is 4.98. The molecule has 2 aromatic rings. The van der Waals surface area contributed by atoms with E-state index in [-0.39, 0.29) is 29.8 Å². The Morgan fingerprint density at radius 3 is 2.27 bits per heavy atom. The van der Waals surface area contributed by atoms with Gasteiger partial charge >= 0.3 is 0 Å². The third-order valence-electron chi connectivity index (χ3n) is 4.98. The number of para-hydroxylation sites is 2. The molecule has 0 aliphatic carbocycles. The van der Waals surface area contributed by atoms with Gasteiger partial charge in [0.2, 0.25) is 11.8 Å². The van der Waals surface area contributed by atoms with Crippen LogP contribution in [0, 0.1) is 5.92 Å². The van der Waals surface area contributed by atoms with Gasteiger partial charge in [-0.15, -0.1) is 0 Å². The first-order valence-corrected chi connectivity index (χ1v) is 9.18. The lowest BCUT2D eigenvalue weighted by Crippen LogP contribution is -2.48. The maximum atomic E-state index is 12.8. The molecule has 0 saturated carbocycles. The summed E-state index contributed by atoms with van der Waals surface area (Å²) in [6.45, 7) is 7.52. The molecule has 0 aromatic heterocycles. The fourth-order valence-corrected chi connectivity index (χ4v) is 3.81. The Morgan fingerprint density at radius 2 is 1.65 bits per heavy atom. The van der Waals surface area contributed by atoms with Gasteiger partial charge in [0.15, 0.2) is 0 Å². The number of nitrogens with zero attached hydrogens (tertiary/aromatic N) is 2.